The van der Waals surface area contributed by atoms with Gasteiger partial charge in [-0.25, -0.2) is 0 Å². The fraction of sp³-hybridized carbons (Fsp3) is 0.462. The largest absolute Gasteiger partial charge is 0.352 e. The molecule has 2 rings (SSSR count). The molecule has 0 radical (unpaired) electrons. The van der Waals surface area contributed by atoms with Crippen molar-refractivity contribution in [3.8, 4) is 0 Å². The number of thioether (sulfide) groups is 1. The van der Waals surface area contributed by atoms with Crippen molar-refractivity contribution in [3.05, 3.63) is 70.8 Å². The number of carbonyl (C=O) groups excluding carboxylic acids is 2. The summed E-state index contributed by atoms with van der Waals surface area (Å²) in [7, 11) is 0. The molecule has 0 aromatic heterocycles. The second-order valence-electron chi connectivity index (χ2n) is 8.17. The summed E-state index contributed by atoms with van der Waals surface area (Å²) < 4.78 is 0. The van der Waals surface area contributed by atoms with Crippen LogP contribution in [0, 0.1) is 13.8 Å². The van der Waals surface area contributed by atoms with E-state index in [0.717, 1.165) is 23.3 Å². The molecule has 0 spiro atoms. The Morgan fingerprint density at radius 1 is 1.03 bits per heavy atom. The van der Waals surface area contributed by atoms with Crippen molar-refractivity contribution < 1.29 is 9.59 Å². The molecule has 31 heavy (non-hydrogen) atoms. The van der Waals surface area contributed by atoms with Crippen molar-refractivity contribution in [3.63, 3.8) is 0 Å². The molecular formula is C26H36N2O2S. The number of hydrogen-bond donors (Lipinski definition) is 1. The Hall–Kier alpha value is -2.27. The van der Waals surface area contributed by atoms with E-state index in [1.807, 2.05) is 58.0 Å². The predicted molar refractivity (Wildman–Crippen MR) is 131 cm³/mol. The van der Waals surface area contributed by atoms with Crippen molar-refractivity contribution in [1.82, 2.24) is 10.2 Å². The molecule has 0 bridgehead atoms. The summed E-state index contributed by atoms with van der Waals surface area (Å²) in [6, 6.07) is 16.0. The Labute approximate surface area is 191 Å². The highest BCUT2D eigenvalue weighted by Gasteiger charge is 2.29. The summed E-state index contributed by atoms with van der Waals surface area (Å²) >= 11 is 1.61. The number of rotatable bonds is 11. The van der Waals surface area contributed by atoms with Crippen LogP contribution in [0.5, 0.6) is 0 Å². The van der Waals surface area contributed by atoms with Gasteiger partial charge in [0.15, 0.2) is 0 Å². The van der Waals surface area contributed by atoms with Crippen LogP contribution < -0.4 is 5.32 Å². The van der Waals surface area contributed by atoms with E-state index in [1.54, 1.807) is 16.7 Å². The maximum absolute atomic E-state index is 13.3. The van der Waals surface area contributed by atoms with Crippen molar-refractivity contribution in [2.75, 3.05) is 5.75 Å². The molecule has 0 aliphatic carbocycles. The molecule has 0 fully saturated rings. The molecule has 0 saturated carbocycles. The normalized spacial score (nSPS) is 12.8. The minimum atomic E-state index is -0.471. The third kappa shape index (κ3) is 7.73. The van der Waals surface area contributed by atoms with Gasteiger partial charge < -0.3 is 10.2 Å². The van der Waals surface area contributed by atoms with E-state index in [2.05, 4.69) is 30.4 Å². The van der Waals surface area contributed by atoms with E-state index in [0.29, 0.717) is 18.7 Å². The van der Waals surface area contributed by atoms with Gasteiger partial charge in [-0.15, -0.1) is 11.8 Å². The van der Waals surface area contributed by atoms with Crippen LogP contribution in [0.3, 0.4) is 0 Å². The highest BCUT2D eigenvalue weighted by Crippen LogP contribution is 2.19. The third-order valence-electron chi connectivity index (χ3n) is 5.57. The highest BCUT2D eigenvalue weighted by molar-refractivity contribution is 7.99. The zero-order chi connectivity index (χ0) is 22.8. The van der Waals surface area contributed by atoms with E-state index in [4.69, 9.17) is 0 Å². The van der Waals surface area contributed by atoms with Gasteiger partial charge in [0, 0.05) is 18.3 Å². The second-order valence-corrected chi connectivity index (χ2v) is 9.16. The van der Waals surface area contributed by atoms with Gasteiger partial charge in [-0.3, -0.25) is 9.59 Å². The molecule has 4 nitrogen and oxygen atoms in total. The van der Waals surface area contributed by atoms with Crippen LogP contribution in [-0.2, 0) is 21.9 Å². The minimum Gasteiger partial charge on any atom is -0.352 e. The molecule has 1 N–H and O–H groups in total. The summed E-state index contributed by atoms with van der Waals surface area (Å²) in [6.07, 6.45) is 1.45. The Bertz CT molecular complexity index is 868. The Kier molecular flexibility index (Phi) is 10.1. The van der Waals surface area contributed by atoms with Gasteiger partial charge in [0.1, 0.15) is 6.04 Å². The number of benzene rings is 2. The van der Waals surface area contributed by atoms with Gasteiger partial charge in [-0.1, -0.05) is 67.9 Å². The van der Waals surface area contributed by atoms with Crippen LogP contribution in [-0.4, -0.2) is 34.6 Å². The molecule has 0 aliphatic heterocycles. The number of nitrogens with one attached hydrogen (secondary N) is 1. The van der Waals surface area contributed by atoms with Gasteiger partial charge >= 0.3 is 0 Å². The fourth-order valence-electron chi connectivity index (χ4n) is 3.47. The van der Waals surface area contributed by atoms with Crippen LogP contribution in [0.15, 0.2) is 48.5 Å². The van der Waals surface area contributed by atoms with Crippen molar-refractivity contribution >= 4 is 23.6 Å². The molecule has 2 unspecified atom stereocenters. The SMILES string of the molecule is CCC(C)NC(=O)C(CC)N(Cc1cccc(C)c1)C(=O)CSCc1ccccc1C. The smallest absolute Gasteiger partial charge is 0.243 e. The molecule has 2 amide bonds. The zero-order valence-corrected chi connectivity index (χ0v) is 20.3. The molecule has 168 valence electrons. The molecule has 2 aromatic rings. The van der Waals surface area contributed by atoms with E-state index >= 15 is 0 Å². The number of nitrogens with zero attached hydrogens (tertiary/aromatic N) is 1. The maximum Gasteiger partial charge on any atom is 0.243 e. The van der Waals surface area contributed by atoms with Crippen LogP contribution in [0.1, 0.15) is 55.9 Å². The van der Waals surface area contributed by atoms with Crippen LogP contribution in [0.4, 0.5) is 0 Å². The van der Waals surface area contributed by atoms with E-state index in [1.165, 1.54) is 11.1 Å². The minimum absolute atomic E-state index is 0.00578. The second kappa shape index (κ2) is 12.6. The summed E-state index contributed by atoms with van der Waals surface area (Å²) in [4.78, 5) is 28.0. The molecule has 0 saturated heterocycles. The maximum atomic E-state index is 13.3. The highest BCUT2D eigenvalue weighted by atomic mass is 32.2. The summed E-state index contributed by atoms with van der Waals surface area (Å²) in [5.41, 5.74) is 4.67. The lowest BCUT2D eigenvalue weighted by atomic mass is 10.1. The molecule has 0 aliphatic rings. The zero-order valence-electron chi connectivity index (χ0n) is 19.5. The average molecular weight is 441 g/mol. The van der Waals surface area contributed by atoms with Crippen LogP contribution in [0.2, 0.25) is 0 Å². The number of aryl methyl sites for hydroxylation is 2. The summed E-state index contributed by atoms with van der Waals surface area (Å²) in [5.74, 6) is 1.08. The van der Waals surface area contributed by atoms with Crippen molar-refractivity contribution in [1.29, 1.82) is 0 Å². The van der Waals surface area contributed by atoms with Crippen LogP contribution >= 0.6 is 11.8 Å². The molecule has 2 aromatic carbocycles. The predicted octanol–water partition coefficient (Wildman–Crippen LogP) is 5.26. The molecular weight excluding hydrogens is 404 g/mol. The average Bonchev–Trinajstić information content (AvgIpc) is 2.74. The van der Waals surface area contributed by atoms with Crippen LogP contribution in [0.25, 0.3) is 0 Å². The third-order valence-corrected chi connectivity index (χ3v) is 6.53. The van der Waals surface area contributed by atoms with Gasteiger partial charge in [0.25, 0.3) is 0 Å². The van der Waals surface area contributed by atoms with E-state index in [9.17, 15) is 9.59 Å². The van der Waals surface area contributed by atoms with Gasteiger partial charge in [0.2, 0.25) is 11.8 Å². The van der Waals surface area contributed by atoms with Gasteiger partial charge in [-0.05, 0) is 50.3 Å². The molecule has 0 heterocycles. The molecule has 5 heteroatoms. The van der Waals surface area contributed by atoms with Crippen molar-refractivity contribution in [2.45, 2.75) is 71.8 Å². The van der Waals surface area contributed by atoms with Crippen molar-refractivity contribution in [2.24, 2.45) is 0 Å². The lowest BCUT2D eigenvalue weighted by Crippen LogP contribution is -2.51. The Morgan fingerprint density at radius 3 is 2.42 bits per heavy atom. The number of amides is 2. The topological polar surface area (TPSA) is 49.4 Å². The quantitative estimate of drug-likeness (QED) is 0.519. The van der Waals surface area contributed by atoms with Gasteiger partial charge in [-0.2, -0.15) is 0 Å². The molecule has 2 atom stereocenters. The monoisotopic (exact) mass is 440 g/mol. The first-order valence-electron chi connectivity index (χ1n) is 11.1. The first-order valence-corrected chi connectivity index (χ1v) is 12.3. The van der Waals surface area contributed by atoms with Gasteiger partial charge in [0.05, 0.1) is 5.75 Å². The first kappa shape index (κ1) is 25.0. The lowest BCUT2D eigenvalue weighted by molar-refractivity contribution is -0.139. The summed E-state index contributed by atoms with van der Waals surface area (Å²) in [5, 5.41) is 3.06. The Balaban J connectivity index is 2.15. The fourth-order valence-corrected chi connectivity index (χ4v) is 4.46. The lowest BCUT2D eigenvalue weighted by Gasteiger charge is -2.31. The standard InChI is InChI=1S/C26H36N2O2S/c1-6-21(5)27-26(30)24(7-2)28(16-22-13-10-11-19(3)15-22)25(29)18-31-17-23-14-9-8-12-20(23)4/h8-15,21,24H,6-7,16-18H2,1-5H3,(H,27,30). The van der Waals surface area contributed by atoms with E-state index in [-0.39, 0.29) is 17.9 Å². The number of carbonyl (C=O) groups is 2. The number of hydrogen-bond acceptors (Lipinski definition) is 3. The first-order chi connectivity index (χ1) is 14.8. The Morgan fingerprint density at radius 2 is 1.77 bits per heavy atom. The van der Waals surface area contributed by atoms with E-state index < -0.39 is 6.04 Å². The summed E-state index contributed by atoms with van der Waals surface area (Å²) in [6.45, 7) is 10.6.